The molecule has 1 amide bonds. The zero-order chi connectivity index (χ0) is 17.1. The van der Waals surface area contributed by atoms with E-state index in [4.69, 9.17) is 0 Å². The maximum atomic E-state index is 13.2. The summed E-state index contributed by atoms with van der Waals surface area (Å²) < 4.78 is 0. The van der Waals surface area contributed by atoms with Crippen molar-refractivity contribution in [1.82, 2.24) is 10.2 Å². The molecule has 5 heteroatoms. The van der Waals surface area contributed by atoms with Crippen molar-refractivity contribution in [2.24, 2.45) is 11.8 Å². The van der Waals surface area contributed by atoms with Crippen molar-refractivity contribution in [2.75, 3.05) is 26.2 Å². The lowest BCUT2D eigenvalue weighted by atomic mass is 9.92. The highest BCUT2D eigenvalue weighted by Gasteiger charge is 2.32. The zero-order valence-electron chi connectivity index (χ0n) is 14.8. The molecule has 1 N–H and O–H groups in total. The van der Waals surface area contributed by atoms with Crippen LogP contribution in [0, 0.1) is 11.8 Å². The lowest BCUT2D eigenvalue weighted by Gasteiger charge is -2.22. The first-order valence-corrected chi connectivity index (χ1v) is 9.95. The van der Waals surface area contributed by atoms with E-state index in [-0.39, 0.29) is 18.3 Å². The van der Waals surface area contributed by atoms with Crippen LogP contribution in [-0.2, 0) is 0 Å². The van der Waals surface area contributed by atoms with Crippen molar-refractivity contribution in [2.45, 2.75) is 22.6 Å². The number of carbonyl (C=O) groups excluding carboxylic acids is 1. The van der Waals surface area contributed by atoms with Gasteiger partial charge >= 0.3 is 0 Å². The average molecular weight is 389 g/mol. The third kappa shape index (κ3) is 4.25. The number of amides is 1. The first kappa shape index (κ1) is 19.3. The maximum Gasteiger partial charge on any atom is 0.255 e. The van der Waals surface area contributed by atoms with E-state index in [1.807, 2.05) is 36.4 Å². The van der Waals surface area contributed by atoms with Crippen LogP contribution in [0.2, 0.25) is 0 Å². The van der Waals surface area contributed by atoms with Crippen LogP contribution >= 0.6 is 24.2 Å². The summed E-state index contributed by atoms with van der Waals surface area (Å²) in [6, 6.07) is 18.3. The van der Waals surface area contributed by atoms with Crippen LogP contribution in [0.3, 0.4) is 0 Å². The van der Waals surface area contributed by atoms with Crippen molar-refractivity contribution in [1.29, 1.82) is 0 Å². The second-order valence-corrected chi connectivity index (χ2v) is 8.07. The van der Waals surface area contributed by atoms with Crippen LogP contribution in [0.25, 0.3) is 0 Å². The van der Waals surface area contributed by atoms with Crippen LogP contribution in [0.4, 0.5) is 0 Å². The fraction of sp³-hybridized carbons (Fsp3) is 0.381. The average Bonchev–Trinajstić information content (AvgIpc) is 3.01. The number of carbonyl (C=O) groups is 1. The third-order valence-electron chi connectivity index (χ3n) is 5.40. The number of hydrogen-bond donors (Lipinski definition) is 1. The Morgan fingerprint density at radius 1 is 0.923 bits per heavy atom. The van der Waals surface area contributed by atoms with Crippen molar-refractivity contribution in [3.63, 3.8) is 0 Å². The smallest absolute Gasteiger partial charge is 0.255 e. The molecule has 2 aliphatic rings. The molecule has 0 saturated carbocycles. The molecule has 0 aromatic heterocycles. The quantitative estimate of drug-likeness (QED) is 0.849. The first-order valence-electron chi connectivity index (χ1n) is 9.13. The van der Waals surface area contributed by atoms with Crippen LogP contribution in [0.5, 0.6) is 0 Å². The topological polar surface area (TPSA) is 32.3 Å². The molecule has 0 unspecified atom stereocenters. The summed E-state index contributed by atoms with van der Waals surface area (Å²) in [6.45, 7) is 4.00. The number of hydrogen-bond acceptors (Lipinski definition) is 3. The molecule has 0 radical (unpaired) electrons. The number of halogens is 1. The molecule has 2 saturated heterocycles. The minimum absolute atomic E-state index is 0. The molecular formula is C21H25ClN2OS. The number of nitrogens with zero attached hydrogens (tertiary/aromatic N) is 1. The normalized spacial score (nSPS) is 22.2. The predicted octanol–water partition coefficient (Wildman–Crippen LogP) is 4.33. The summed E-state index contributed by atoms with van der Waals surface area (Å²) >= 11 is 1.67. The fourth-order valence-corrected chi connectivity index (χ4v) is 4.90. The first-order chi connectivity index (χ1) is 12.3. The zero-order valence-corrected chi connectivity index (χ0v) is 16.4. The third-order valence-corrected chi connectivity index (χ3v) is 6.48. The van der Waals surface area contributed by atoms with Crippen molar-refractivity contribution in [3.8, 4) is 0 Å². The summed E-state index contributed by atoms with van der Waals surface area (Å²) in [5, 5.41) is 3.50. The summed E-state index contributed by atoms with van der Waals surface area (Å²) in [6.07, 6.45) is 2.24. The Kier molecular flexibility index (Phi) is 6.63. The van der Waals surface area contributed by atoms with E-state index in [2.05, 4.69) is 28.4 Å². The van der Waals surface area contributed by atoms with Gasteiger partial charge in [0.25, 0.3) is 5.91 Å². The van der Waals surface area contributed by atoms with Crippen LogP contribution < -0.4 is 5.32 Å². The highest BCUT2D eigenvalue weighted by molar-refractivity contribution is 7.99. The van der Waals surface area contributed by atoms with Gasteiger partial charge in [0, 0.05) is 22.9 Å². The molecule has 2 aliphatic heterocycles. The molecule has 4 rings (SSSR count). The Balaban J connectivity index is 0.00000196. The predicted molar refractivity (Wildman–Crippen MR) is 109 cm³/mol. The van der Waals surface area contributed by atoms with Crippen molar-refractivity contribution in [3.05, 3.63) is 60.2 Å². The van der Waals surface area contributed by atoms with E-state index in [0.717, 1.165) is 61.3 Å². The molecule has 3 nitrogen and oxygen atoms in total. The molecule has 138 valence electrons. The molecule has 2 aromatic rings. The van der Waals surface area contributed by atoms with Crippen molar-refractivity contribution < 1.29 is 4.79 Å². The minimum atomic E-state index is 0. The van der Waals surface area contributed by atoms with Gasteiger partial charge in [-0.1, -0.05) is 42.1 Å². The number of nitrogens with one attached hydrogen (secondary N) is 1. The van der Waals surface area contributed by atoms with Gasteiger partial charge in [-0.3, -0.25) is 4.79 Å². The summed E-state index contributed by atoms with van der Waals surface area (Å²) in [4.78, 5) is 17.5. The van der Waals surface area contributed by atoms with Gasteiger partial charge in [-0.2, -0.15) is 0 Å². The molecule has 26 heavy (non-hydrogen) atoms. The number of likely N-dealkylation sites (tertiary alicyclic amines) is 1. The fourth-order valence-electron chi connectivity index (χ4n) is 3.94. The summed E-state index contributed by atoms with van der Waals surface area (Å²) in [5.41, 5.74) is 0.835. The van der Waals surface area contributed by atoms with Gasteiger partial charge in [0.1, 0.15) is 0 Å². The van der Waals surface area contributed by atoms with Crippen molar-refractivity contribution >= 4 is 30.1 Å². The van der Waals surface area contributed by atoms with E-state index in [0.29, 0.717) is 0 Å². The van der Waals surface area contributed by atoms with Gasteiger partial charge in [-0.25, -0.2) is 0 Å². The Morgan fingerprint density at radius 3 is 2.23 bits per heavy atom. The van der Waals surface area contributed by atoms with Gasteiger partial charge in [0.05, 0.1) is 5.56 Å². The lowest BCUT2D eigenvalue weighted by Crippen LogP contribution is -2.33. The second kappa shape index (κ2) is 8.94. The Bertz CT molecular complexity index is 726. The Labute approximate surface area is 166 Å². The largest absolute Gasteiger partial charge is 0.339 e. The minimum Gasteiger partial charge on any atom is -0.339 e. The molecular weight excluding hydrogens is 364 g/mol. The van der Waals surface area contributed by atoms with Gasteiger partial charge in [0.15, 0.2) is 0 Å². The van der Waals surface area contributed by atoms with E-state index in [9.17, 15) is 4.79 Å². The summed E-state index contributed by atoms with van der Waals surface area (Å²) in [7, 11) is 0. The monoisotopic (exact) mass is 388 g/mol. The Hall–Kier alpha value is -1.49. The highest BCUT2D eigenvalue weighted by atomic mass is 35.5. The van der Waals surface area contributed by atoms with Crippen LogP contribution in [0.1, 0.15) is 23.2 Å². The lowest BCUT2D eigenvalue weighted by molar-refractivity contribution is 0.0755. The van der Waals surface area contributed by atoms with E-state index < -0.39 is 0 Å². The van der Waals surface area contributed by atoms with Gasteiger partial charge in [0.2, 0.25) is 0 Å². The van der Waals surface area contributed by atoms with Crippen LogP contribution in [0.15, 0.2) is 64.4 Å². The summed E-state index contributed by atoms with van der Waals surface area (Å²) in [5.74, 6) is 1.67. The Morgan fingerprint density at radius 2 is 1.54 bits per heavy atom. The number of fused-ring (bicyclic) bond motifs is 1. The van der Waals surface area contributed by atoms with E-state index >= 15 is 0 Å². The molecule has 0 bridgehead atoms. The number of rotatable bonds is 3. The van der Waals surface area contributed by atoms with Crippen LogP contribution in [-0.4, -0.2) is 37.0 Å². The molecule has 0 spiro atoms. The molecule has 2 heterocycles. The highest BCUT2D eigenvalue weighted by Crippen LogP contribution is 2.32. The molecule has 0 aliphatic carbocycles. The van der Waals surface area contributed by atoms with Gasteiger partial charge in [-0.05, 0) is 62.0 Å². The molecule has 2 fully saturated rings. The van der Waals surface area contributed by atoms with E-state index in [1.165, 1.54) is 4.90 Å². The van der Waals surface area contributed by atoms with Gasteiger partial charge < -0.3 is 10.2 Å². The van der Waals surface area contributed by atoms with E-state index in [1.54, 1.807) is 11.8 Å². The molecule has 2 aromatic carbocycles. The molecule has 2 atom stereocenters. The number of benzene rings is 2. The van der Waals surface area contributed by atoms with Gasteiger partial charge in [-0.15, -0.1) is 12.4 Å². The second-order valence-electron chi connectivity index (χ2n) is 6.96. The SMILES string of the molecule is Cl.O=C(c1ccccc1Sc1ccccc1)N1CC[C@@H]2CNC[C@@H]2CC1. The maximum absolute atomic E-state index is 13.2. The standard InChI is InChI=1S/C21H24N2OS.ClH/c24-21(23-12-10-16-14-22-15-17(16)11-13-23)19-8-4-5-9-20(19)25-18-6-2-1-3-7-18;/h1-9,16-17,22H,10-15H2;1H/t16-,17+;.